The van der Waals surface area contributed by atoms with Crippen LogP contribution in [0.15, 0.2) is 77.7 Å². The van der Waals surface area contributed by atoms with Gasteiger partial charge in [0, 0.05) is 19.3 Å². The number of anilines is 1. The Morgan fingerprint density at radius 2 is 1.31 bits per heavy atom. The predicted molar refractivity (Wildman–Crippen MR) is 143 cm³/mol. The number of hydrogen-bond acceptors (Lipinski definition) is 6. The van der Waals surface area contributed by atoms with Gasteiger partial charge in [-0.25, -0.2) is 0 Å². The Bertz CT molecular complexity index is 1170. The standard InChI is InChI=1S/C28H33NO6S/c1-29-26-12-6-24(7-13-26)4-5-25-8-14-27(15-9-25)35-22-21-34-20-19-33-18-2-3-23-10-16-28(17-11-23)36(30,31)32/h4-17,29H,2-3,18-22H2,1H3,(H,30,31,32)/b5-4+. The minimum absolute atomic E-state index is 0.0970. The predicted octanol–water partition coefficient (Wildman–Crippen LogP) is 5.19. The van der Waals surface area contributed by atoms with Crippen LogP contribution < -0.4 is 10.1 Å². The van der Waals surface area contributed by atoms with Crippen molar-refractivity contribution in [2.45, 2.75) is 17.7 Å². The molecule has 7 nitrogen and oxygen atoms in total. The van der Waals surface area contributed by atoms with Crippen molar-refractivity contribution in [3.8, 4) is 5.75 Å². The molecule has 0 atom stereocenters. The molecule has 0 aliphatic rings. The highest BCUT2D eigenvalue weighted by Gasteiger charge is 2.08. The molecule has 0 fully saturated rings. The normalized spacial score (nSPS) is 11.6. The molecule has 0 amide bonds. The van der Waals surface area contributed by atoms with Gasteiger partial charge in [-0.05, 0) is 65.9 Å². The van der Waals surface area contributed by atoms with Gasteiger partial charge in [-0.15, -0.1) is 0 Å². The van der Waals surface area contributed by atoms with Gasteiger partial charge in [0.1, 0.15) is 12.4 Å². The molecule has 0 heterocycles. The van der Waals surface area contributed by atoms with E-state index >= 15 is 0 Å². The number of nitrogens with one attached hydrogen (secondary N) is 1. The second-order valence-electron chi connectivity index (χ2n) is 8.07. The Labute approximate surface area is 213 Å². The largest absolute Gasteiger partial charge is 0.491 e. The van der Waals surface area contributed by atoms with Crippen molar-refractivity contribution in [2.24, 2.45) is 0 Å². The fourth-order valence-corrected chi connectivity index (χ4v) is 3.86. The van der Waals surface area contributed by atoms with Crippen LogP contribution in [0.3, 0.4) is 0 Å². The summed E-state index contributed by atoms with van der Waals surface area (Å²) >= 11 is 0. The van der Waals surface area contributed by atoms with E-state index in [1.165, 1.54) is 12.1 Å². The minimum Gasteiger partial charge on any atom is -0.491 e. The third-order valence-electron chi connectivity index (χ3n) is 5.39. The van der Waals surface area contributed by atoms with Crippen molar-refractivity contribution in [2.75, 3.05) is 45.4 Å². The van der Waals surface area contributed by atoms with Gasteiger partial charge in [-0.2, -0.15) is 8.42 Å². The van der Waals surface area contributed by atoms with E-state index in [0.29, 0.717) is 33.0 Å². The van der Waals surface area contributed by atoms with Crippen molar-refractivity contribution in [1.82, 2.24) is 0 Å². The highest BCUT2D eigenvalue weighted by atomic mass is 32.2. The lowest BCUT2D eigenvalue weighted by Crippen LogP contribution is -2.11. The maximum Gasteiger partial charge on any atom is 0.294 e. The first kappa shape index (κ1) is 27.4. The minimum atomic E-state index is -4.14. The highest BCUT2D eigenvalue weighted by Crippen LogP contribution is 2.16. The average Bonchev–Trinajstić information content (AvgIpc) is 2.89. The Balaban J connectivity index is 1.21. The molecular weight excluding hydrogens is 478 g/mol. The Hall–Kier alpha value is -3.17. The van der Waals surface area contributed by atoms with Gasteiger partial charge >= 0.3 is 0 Å². The second kappa shape index (κ2) is 14.4. The van der Waals surface area contributed by atoms with E-state index in [1.54, 1.807) is 12.1 Å². The lowest BCUT2D eigenvalue weighted by atomic mass is 10.1. The van der Waals surface area contributed by atoms with Gasteiger partial charge in [-0.1, -0.05) is 48.6 Å². The molecule has 36 heavy (non-hydrogen) atoms. The lowest BCUT2D eigenvalue weighted by molar-refractivity contribution is 0.0357. The van der Waals surface area contributed by atoms with Crippen LogP contribution in [0, 0.1) is 0 Å². The quantitative estimate of drug-likeness (QED) is 0.165. The van der Waals surface area contributed by atoms with Crippen molar-refractivity contribution < 1.29 is 27.2 Å². The van der Waals surface area contributed by atoms with Crippen LogP contribution >= 0.6 is 0 Å². The summed E-state index contributed by atoms with van der Waals surface area (Å²) in [5, 5.41) is 3.11. The SMILES string of the molecule is CNc1ccc(/C=C/c2ccc(OCCOCCOCCCc3ccc(S(=O)(=O)O)cc3)cc2)cc1. The highest BCUT2D eigenvalue weighted by molar-refractivity contribution is 7.85. The molecule has 0 unspecified atom stereocenters. The number of rotatable bonds is 15. The maximum atomic E-state index is 11.0. The lowest BCUT2D eigenvalue weighted by Gasteiger charge is -2.08. The zero-order chi connectivity index (χ0) is 25.6. The second-order valence-corrected chi connectivity index (χ2v) is 9.49. The molecule has 3 aromatic rings. The van der Waals surface area contributed by atoms with Gasteiger partial charge < -0.3 is 19.5 Å². The van der Waals surface area contributed by atoms with Crippen LogP contribution in [0.1, 0.15) is 23.1 Å². The van der Waals surface area contributed by atoms with Gasteiger partial charge in [0.2, 0.25) is 0 Å². The topological polar surface area (TPSA) is 94.1 Å². The molecule has 0 bridgehead atoms. The first-order valence-corrected chi connectivity index (χ1v) is 13.3. The zero-order valence-corrected chi connectivity index (χ0v) is 21.2. The molecule has 0 radical (unpaired) electrons. The van der Waals surface area contributed by atoms with Crippen molar-refractivity contribution in [3.05, 3.63) is 89.5 Å². The molecule has 0 aliphatic heterocycles. The molecule has 3 rings (SSSR count). The molecule has 0 aliphatic carbocycles. The van der Waals surface area contributed by atoms with E-state index in [0.717, 1.165) is 41.0 Å². The van der Waals surface area contributed by atoms with Crippen molar-refractivity contribution in [1.29, 1.82) is 0 Å². The maximum absolute atomic E-state index is 11.0. The van der Waals surface area contributed by atoms with Gasteiger partial charge in [-0.3, -0.25) is 4.55 Å². The third kappa shape index (κ3) is 9.83. The average molecular weight is 512 g/mol. The van der Waals surface area contributed by atoms with Crippen LogP contribution in [-0.4, -0.2) is 53.1 Å². The van der Waals surface area contributed by atoms with Crippen molar-refractivity contribution in [3.63, 3.8) is 0 Å². The Morgan fingerprint density at radius 1 is 0.750 bits per heavy atom. The summed E-state index contributed by atoms with van der Waals surface area (Å²) in [4.78, 5) is -0.0970. The van der Waals surface area contributed by atoms with Crippen LogP contribution in [0.2, 0.25) is 0 Å². The summed E-state index contributed by atoms with van der Waals surface area (Å²) in [6, 6.07) is 22.4. The summed E-state index contributed by atoms with van der Waals surface area (Å²) in [6.45, 7) is 2.52. The molecule has 0 saturated heterocycles. The first-order valence-electron chi connectivity index (χ1n) is 11.8. The number of aryl methyl sites for hydroxylation is 1. The summed E-state index contributed by atoms with van der Waals surface area (Å²) in [6.07, 6.45) is 5.72. The van der Waals surface area contributed by atoms with E-state index in [4.69, 9.17) is 18.8 Å². The van der Waals surface area contributed by atoms with E-state index in [1.807, 2.05) is 43.4 Å². The number of hydrogen-bond donors (Lipinski definition) is 2. The Morgan fingerprint density at radius 3 is 1.89 bits per heavy atom. The fraction of sp³-hybridized carbons (Fsp3) is 0.286. The van der Waals surface area contributed by atoms with Crippen molar-refractivity contribution >= 4 is 28.0 Å². The molecule has 0 spiro atoms. The van der Waals surface area contributed by atoms with Crippen LogP contribution in [-0.2, 0) is 26.0 Å². The van der Waals surface area contributed by atoms with Gasteiger partial charge in [0.05, 0.1) is 24.7 Å². The molecule has 0 aromatic heterocycles. The van der Waals surface area contributed by atoms with Crippen LogP contribution in [0.25, 0.3) is 12.2 Å². The van der Waals surface area contributed by atoms with E-state index in [9.17, 15) is 8.42 Å². The molecule has 192 valence electrons. The van der Waals surface area contributed by atoms with E-state index < -0.39 is 10.1 Å². The summed E-state index contributed by atoms with van der Waals surface area (Å²) < 4.78 is 47.9. The van der Waals surface area contributed by atoms with E-state index in [-0.39, 0.29) is 4.90 Å². The summed E-state index contributed by atoms with van der Waals surface area (Å²) in [5.41, 5.74) is 4.32. The monoisotopic (exact) mass is 511 g/mol. The summed E-state index contributed by atoms with van der Waals surface area (Å²) in [7, 11) is -2.24. The van der Waals surface area contributed by atoms with Gasteiger partial charge in [0.25, 0.3) is 10.1 Å². The molecule has 2 N–H and O–H groups in total. The molecular formula is C28H33NO6S. The van der Waals surface area contributed by atoms with E-state index in [2.05, 4.69) is 29.6 Å². The van der Waals surface area contributed by atoms with Gasteiger partial charge in [0.15, 0.2) is 0 Å². The number of ether oxygens (including phenoxy) is 3. The number of benzene rings is 3. The molecule has 8 heteroatoms. The smallest absolute Gasteiger partial charge is 0.294 e. The third-order valence-corrected chi connectivity index (χ3v) is 6.26. The first-order chi connectivity index (χ1) is 17.4. The van der Waals surface area contributed by atoms with Crippen LogP contribution in [0.5, 0.6) is 5.75 Å². The van der Waals surface area contributed by atoms with Crippen LogP contribution in [0.4, 0.5) is 5.69 Å². The molecule has 0 saturated carbocycles. The fourth-order valence-electron chi connectivity index (χ4n) is 3.38. The Kier molecular flexibility index (Phi) is 11.0. The zero-order valence-electron chi connectivity index (χ0n) is 20.4. The molecule has 3 aromatic carbocycles. The summed E-state index contributed by atoms with van der Waals surface area (Å²) in [5.74, 6) is 0.801.